The van der Waals surface area contributed by atoms with Crippen LogP contribution in [0.2, 0.25) is 0 Å². The standard InChI is InChI=1S/C21H19N5O/c1-13-7-10-16-18(22-11-14-5-3-2-4-6-14)17(12-23-20(16)24-13)21-25-19(26-27-21)15-8-9-15/h2-7,10,12,15H,8-9,11H2,1H3,(H,22,23,24). The van der Waals surface area contributed by atoms with Crippen molar-refractivity contribution in [3.8, 4) is 11.5 Å². The average molecular weight is 357 g/mol. The molecule has 5 rings (SSSR count). The van der Waals surface area contributed by atoms with Crippen molar-refractivity contribution < 1.29 is 4.52 Å². The van der Waals surface area contributed by atoms with E-state index in [0.29, 0.717) is 24.0 Å². The van der Waals surface area contributed by atoms with Crippen LogP contribution in [-0.4, -0.2) is 20.1 Å². The van der Waals surface area contributed by atoms with E-state index in [-0.39, 0.29) is 0 Å². The lowest BCUT2D eigenvalue weighted by molar-refractivity contribution is 0.423. The van der Waals surface area contributed by atoms with E-state index in [0.717, 1.165) is 41.0 Å². The highest BCUT2D eigenvalue weighted by Gasteiger charge is 2.29. The van der Waals surface area contributed by atoms with E-state index >= 15 is 0 Å². The first-order valence-corrected chi connectivity index (χ1v) is 9.16. The SMILES string of the molecule is Cc1ccc2c(NCc3ccccc3)c(-c3nc(C4CC4)no3)cnc2n1. The van der Waals surface area contributed by atoms with E-state index in [4.69, 9.17) is 4.52 Å². The molecule has 0 bridgehead atoms. The molecular weight excluding hydrogens is 338 g/mol. The summed E-state index contributed by atoms with van der Waals surface area (Å²) in [5, 5.41) is 8.63. The van der Waals surface area contributed by atoms with Gasteiger partial charge in [0.1, 0.15) is 0 Å². The van der Waals surface area contributed by atoms with Gasteiger partial charge in [0, 0.05) is 29.7 Å². The van der Waals surface area contributed by atoms with Gasteiger partial charge in [0.2, 0.25) is 0 Å². The summed E-state index contributed by atoms with van der Waals surface area (Å²) in [6, 6.07) is 14.3. The molecule has 4 aromatic rings. The summed E-state index contributed by atoms with van der Waals surface area (Å²) < 4.78 is 5.56. The molecule has 1 aliphatic rings. The number of aryl methyl sites for hydroxylation is 1. The van der Waals surface area contributed by atoms with Gasteiger partial charge in [-0.3, -0.25) is 0 Å². The smallest absolute Gasteiger partial charge is 0.261 e. The second kappa shape index (κ2) is 6.46. The predicted octanol–water partition coefficient (Wildman–Crippen LogP) is 4.48. The van der Waals surface area contributed by atoms with E-state index in [1.54, 1.807) is 6.20 Å². The maximum Gasteiger partial charge on any atom is 0.261 e. The minimum atomic E-state index is 0.445. The lowest BCUT2D eigenvalue weighted by Crippen LogP contribution is -2.03. The summed E-state index contributed by atoms with van der Waals surface area (Å²) in [6.07, 6.45) is 4.04. The zero-order valence-corrected chi connectivity index (χ0v) is 15.0. The number of hydrogen-bond acceptors (Lipinski definition) is 6. The number of pyridine rings is 2. The van der Waals surface area contributed by atoms with Crippen molar-refractivity contribution >= 4 is 16.7 Å². The third-order valence-electron chi connectivity index (χ3n) is 4.80. The summed E-state index contributed by atoms with van der Waals surface area (Å²) in [5.74, 6) is 1.74. The number of nitrogens with one attached hydrogen (secondary N) is 1. The Morgan fingerprint density at radius 3 is 2.74 bits per heavy atom. The molecule has 0 amide bonds. The molecule has 1 saturated carbocycles. The monoisotopic (exact) mass is 357 g/mol. The highest BCUT2D eigenvalue weighted by Crippen LogP contribution is 2.40. The molecule has 1 aromatic carbocycles. The molecule has 1 aliphatic carbocycles. The Morgan fingerprint density at radius 2 is 1.93 bits per heavy atom. The number of aromatic nitrogens is 4. The fourth-order valence-corrected chi connectivity index (χ4v) is 3.16. The Labute approximate surface area is 156 Å². The first-order chi connectivity index (χ1) is 13.3. The summed E-state index contributed by atoms with van der Waals surface area (Å²) in [5.41, 5.74) is 4.56. The maximum atomic E-state index is 5.56. The van der Waals surface area contributed by atoms with E-state index in [1.807, 2.05) is 37.3 Å². The Hall–Kier alpha value is -3.28. The summed E-state index contributed by atoms with van der Waals surface area (Å²) in [6.45, 7) is 2.65. The fraction of sp³-hybridized carbons (Fsp3) is 0.238. The van der Waals surface area contributed by atoms with Crippen LogP contribution in [0.15, 0.2) is 53.2 Å². The molecular formula is C21H19N5O. The number of hydrogen-bond donors (Lipinski definition) is 1. The fourth-order valence-electron chi connectivity index (χ4n) is 3.16. The zero-order valence-electron chi connectivity index (χ0n) is 15.0. The minimum Gasteiger partial charge on any atom is -0.380 e. The Bertz CT molecular complexity index is 1100. The lowest BCUT2D eigenvalue weighted by atomic mass is 10.1. The van der Waals surface area contributed by atoms with Crippen LogP contribution in [0.3, 0.4) is 0 Å². The Balaban J connectivity index is 1.59. The quantitative estimate of drug-likeness (QED) is 0.567. The second-order valence-corrected chi connectivity index (χ2v) is 6.94. The van der Waals surface area contributed by atoms with Crippen molar-refractivity contribution in [3.63, 3.8) is 0 Å². The lowest BCUT2D eigenvalue weighted by Gasteiger charge is -2.13. The molecule has 6 nitrogen and oxygen atoms in total. The Kier molecular flexibility index (Phi) is 3.81. The van der Waals surface area contributed by atoms with E-state index < -0.39 is 0 Å². The summed E-state index contributed by atoms with van der Waals surface area (Å²) >= 11 is 0. The van der Waals surface area contributed by atoms with Gasteiger partial charge in [0.05, 0.1) is 11.3 Å². The van der Waals surface area contributed by atoms with Crippen molar-refractivity contribution in [2.24, 2.45) is 0 Å². The summed E-state index contributed by atoms with van der Waals surface area (Å²) in [7, 11) is 0. The van der Waals surface area contributed by atoms with Crippen LogP contribution in [-0.2, 0) is 6.54 Å². The van der Waals surface area contributed by atoms with Crippen LogP contribution in [0, 0.1) is 6.92 Å². The third kappa shape index (κ3) is 3.14. The number of anilines is 1. The normalized spacial score (nSPS) is 13.8. The van der Waals surface area contributed by atoms with Gasteiger partial charge >= 0.3 is 0 Å². The predicted molar refractivity (Wildman–Crippen MR) is 103 cm³/mol. The van der Waals surface area contributed by atoms with E-state index in [9.17, 15) is 0 Å². The van der Waals surface area contributed by atoms with Crippen LogP contribution in [0.5, 0.6) is 0 Å². The van der Waals surface area contributed by atoms with E-state index in [2.05, 4.69) is 37.6 Å². The van der Waals surface area contributed by atoms with Crippen molar-refractivity contribution in [2.45, 2.75) is 32.2 Å². The third-order valence-corrected chi connectivity index (χ3v) is 4.80. The average Bonchev–Trinajstić information content (AvgIpc) is 3.44. The van der Waals surface area contributed by atoms with Crippen molar-refractivity contribution in [2.75, 3.05) is 5.32 Å². The van der Waals surface area contributed by atoms with Gasteiger partial charge < -0.3 is 9.84 Å². The molecule has 0 unspecified atom stereocenters. The summed E-state index contributed by atoms with van der Waals surface area (Å²) in [4.78, 5) is 13.7. The van der Waals surface area contributed by atoms with Crippen molar-refractivity contribution in [1.29, 1.82) is 0 Å². The second-order valence-electron chi connectivity index (χ2n) is 6.94. The number of rotatable bonds is 5. The van der Waals surface area contributed by atoms with E-state index in [1.165, 1.54) is 5.56 Å². The van der Waals surface area contributed by atoms with Gasteiger partial charge in [-0.25, -0.2) is 9.97 Å². The highest BCUT2D eigenvalue weighted by molar-refractivity contribution is 5.96. The molecule has 0 saturated heterocycles. The first-order valence-electron chi connectivity index (χ1n) is 9.16. The van der Waals surface area contributed by atoms with Gasteiger partial charge in [-0.1, -0.05) is 35.5 Å². The Morgan fingerprint density at radius 1 is 1.07 bits per heavy atom. The largest absolute Gasteiger partial charge is 0.380 e. The number of nitrogens with zero attached hydrogens (tertiary/aromatic N) is 4. The molecule has 1 N–H and O–H groups in total. The van der Waals surface area contributed by atoms with Crippen LogP contribution in [0.1, 0.15) is 35.8 Å². The maximum absolute atomic E-state index is 5.56. The van der Waals surface area contributed by atoms with Gasteiger partial charge in [0.25, 0.3) is 5.89 Å². The number of fused-ring (bicyclic) bond motifs is 1. The molecule has 0 spiro atoms. The minimum absolute atomic E-state index is 0.445. The molecule has 3 aromatic heterocycles. The molecule has 0 atom stereocenters. The number of benzene rings is 1. The molecule has 0 aliphatic heterocycles. The van der Waals surface area contributed by atoms with Crippen LogP contribution in [0.4, 0.5) is 5.69 Å². The van der Waals surface area contributed by atoms with Gasteiger partial charge in [-0.15, -0.1) is 0 Å². The zero-order chi connectivity index (χ0) is 18.2. The topological polar surface area (TPSA) is 76.7 Å². The van der Waals surface area contributed by atoms with Crippen LogP contribution >= 0.6 is 0 Å². The molecule has 27 heavy (non-hydrogen) atoms. The van der Waals surface area contributed by atoms with Gasteiger partial charge in [-0.05, 0) is 37.5 Å². The molecule has 3 heterocycles. The van der Waals surface area contributed by atoms with Crippen LogP contribution in [0.25, 0.3) is 22.5 Å². The van der Waals surface area contributed by atoms with Gasteiger partial charge in [0.15, 0.2) is 11.5 Å². The van der Waals surface area contributed by atoms with Crippen molar-refractivity contribution in [1.82, 2.24) is 20.1 Å². The first kappa shape index (κ1) is 15.9. The van der Waals surface area contributed by atoms with Gasteiger partial charge in [-0.2, -0.15) is 4.98 Å². The van der Waals surface area contributed by atoms with Crippen LogP contribution < -0.4 is 5.32 Å². The molecule has 0 radical (unpaired) electrons. The molecule has 6 heteroatoms. The molecule has 134 valence electrons. The van der Waals surface area contributed by atoms with Crippen molar-refractivity contribution in [3.05, 3.63) is 65.7 Å². The highest BCUT2D eigenvalue weighted by atomic mass is 16.5. The molecule has 1 fully saturated rings.